The molecule has 0 heterocycles. The summed E-state index contributed by atoms with van der Waals surface area (Å²) in [4.78, 5) is 0. The fourth-order valence-electron chi connectivity index (χ4n) is 2.82. The summed E-state index contributed by atoms with van der Waals surface area (Å²) < 4.78 is 0. The van der Waals surface area contributed by atoms with E-state index in [9.17, 15) is 0 Å². The average Bonchev–Trinajstić information content (AvgIpc) is 3.36. The van der Waals surface area contributed by atoms with E-state index in [4.69, 9.17) is 10.2 Å². The van der Waals surface area contributed by atoms with Crippen molar-refractivity contribution < 1.29 is 36.4 Å². The first-order valence-electron chi connectivity index (χ1n) is 11.2. The molecule has 4 aromatic rings. The van der Waals surface area contributed by atoms with Crippen LogP contribution in [0.4, 0.5) is 0 Å². The molecular weight excluding hydrogens is 484 g/mol. The molecule has 0 aliphatic heterocycles. The Labute approximate surface area is 219 Å². The Hall–Kier alpha value is -2.38. The zero-order valence-electron chi connectivity index (χ0n) is 20.9. The molecule has 0 fully saturated rings. The molecule has 0 aliphatic carbocycles. The monoisotopic (exact) mass is 520 g/mol. The number of benzene rings is 2. The molecule has 0 aliphatic rings. The van der Waals surface area contributed by atoms with Gasteiger partial charge in [-0.2, -0.15) is 34.4 Å². The number of rotatable bonds is 2. The minimum Gasteiger partial charge on any atom is -0.508 e. The Morgan fingerprint density at radius 3 is 1.06 bits per heavy atom. The first kappa shape index (κ1) is 30.6. The summed E-state index contributed by atoms with van der Waals surface area (Å²) in [5.41, 5.74) is 7.58. The predicted octanol–water partition coefficient (Wildman–Crippen LogP) is 7.95. The summed E-state index contributed by atoms with van der Waals surface area (Å²) in [6, 6.07) is 27.4. The number of hydrogen-bond acceptors (Lipinski definition) is 2. The molecule has 0 atom stereocenters. The molecule has 4 rings (SSSR count). The Morgan fingerprint density at radius 2 is 0.909 bits per heavy atom. The van der Waals surface area contributed by atoms with Gasteiger partial charge in [-0.3, -0.25) is 0 Å². The van der Waals surface area contributed by atoms with Gasteiger partial charge < -0.3 is 10.2 Å². The van der Waals surface area contributed by atoms with Crippen molar-refractivity contribution in [2.24, 2.45) is 0 Å². The third-order valence-corrected chi connectivity index (χ3v) is 5.37. The van der Waals surface area contributed by atoms with E-state index in [1.807, 2.05) is 50.2 Å². The van der Waals surface area contributed by atoms with Crippen LogP contribution in [0.15, 0.2) is 84.9 Å². The minimum atomic E-state index is 0. The number of aryl methyl sites for hydroxylation is 6. The number of phenolic OH excluding ortho intramolecular Hbond substituents is 2. The Bertz CT molecular complexity index is 910. The van der Waals surface area contributed by atoms with Crippen LogP contribution in [0.2, 0.25) is 0 Å². The normalized spacial score (nSPS) is 9.15. The SMILES string of the molecule is CCc1ccccc1O.CCc1ccccc1O.Cc1ccc[c-]1C.Cc1ccc[c-]1C.[Zr+2]. The molecule has 0 saturated heterocycles. The topological polar surface area (TPSA) is 40.5 Å². The van der Waals surface area contributed by atoms with E-state index in [-0.39, 0.29) is 26.2 Å². The molecule has 174 valence electrons. The van der Waals surface area contributed by atoms with E-state index in [0.29, 0.717) is 11.5 Å². The molecule has 33 heavy (non-hydrogen) atoms. The molecule has 0 unspecified atom stereocenters. The minimum absolute atomic E-state index is 0. The molecular formula is C30H38O2Zr. The Morgan fingerprint density at radius 1 is 0.576 bits per heavy atom. The van der Waals surface area contributed by atoms with Gasteiger partial charge in [-0.1, -0.05) is 77.9 Å². The summed E-state index contributed by atoms with van der Waals surface area (Å²) in [7, 11) is 0. The number of para-hydroxylation sites is 2. The summed E-state index contributed by atoms with van der Waals surface area (Å²) >= 11 is 0. The van der Waals surface area contributed by atoms with Gasteiger partial charge in [-0.15, -0.1) is 0 Å². The summed E-state index contributed by atoms with van der Waals surface area (Å²) in [6.45, 7) is 12.5. The van der Waals surface area contributed by atoms with Gasteiger partial charge in [0.05, 0.1) is 0 Å². The zero-order chi connectivity index (χ0) is 23.9. The molecule has 2 N–H and O–H groups in total. The second kappa shape index (κ2) is 17.1. The maximum absolute atomic E-state index is 9.11. The van der Waals surface area contributed by atoms with Crippen LogP contribution in [0.5, 0.6) is 11.5 Å². The van der Waals surface area contributed by atoms with Crippen LogP contribution in [0.1, 0.15) is 47.2 Å². The van der Waals surface area contributed by atoms with Crippen molar-refractivity contribution >= 4 is 0 Å². The third-order valence-electron chi connectivity index (χ3n) is 5.37. The fourth-order valence-corrected chi connectivity index (χ4v) is 2.82. The molecule has 0 amide bonds. The molecule has 4 aromatic carbocycles. The van der Waals surface area contributed by atoms with E-state index < -0.39 is 0 Å². The maximum atomic E-state index is 9.11. The van der Waals surface area contributed by atoms with E-state index >= 15 is 0 Å². The first-order valence-corrected chi connectivity index (χ1v) is 11.2. The molecule has 0 saturated carbocycles. The van der Waals surface area contributed by atoms with Crippen LogP contribution in [-0.4, -0.2) is 10.2 Å². The van der Waals surface area contributed by atoms with Gasteiger partial charge in [0.25, 0.3) is 0 Å². The number of hydrogen-bond donors (Lipinski definition) is 2. The molecule has 0 bridgehead atoms. The van der Waals surface area contributed by atoms with Gasteiger partial charge in [-0.25, -0.2) is 24.3 Å². The van der Waals surface area contributed by atoms with Crippen LogP contribution >= 0.6 is 0 Å². The third kappa shape index (κ3) is 11.9. The van der Waals surface area contributed by atoms with Gasteiger partial charge in [0.2, 0.25) is 0 Å². The van der Waals surface area contributed by atoms with Crippen LogP contribution < -0.4 is 0 Å². The van der Waals surface area contributed by atoms with Crippen molar-refractivity contribution in [3.05, 3.63) is 118 Å². The summed E-state index contributed by atoms with van der Waals surface area (Å²) in [5, 5.41) is 18.2. The Balaban J connectivity index is 0.000000412. The van der Waals surface area contributed by atoms with Crippen molar-refractivity contribution in [1.82, 2.24) is 0 Å². The molecule has 0 aromatic heterocycles. The molecule has 2 nitrogen and oxygen atoms in total. The van der Waals surface area contributed by atoms with Crippen LogP contribution in [0.3, 0.4) is 0 Å². The average molecular weight is 522 g/mol. The van der Waals surface area contributed by atoms with Gasteiger partial charge in [0, 0.05) is 0 Å². The Kier molecular flexibility index (Phi) is 15.9. The van der Waals surface area contributed by atoms with Crippen LogP contribution in [0, 0.1) is 27.7 Å². The van der Waals surface area contributed by atoms with E-state index in [1.54, 1.807) is 12.1 Å². The maximum Gasteiger partial charge on any atom is 2.00 e. The van der Waals surface area contributed by atoms with E-state index in [1.165, 1.54) is 22.3 Å². The summed E-state index contributed by atoms with van der Waals surface area (Å²) in [6.07, 6.45) is 1.79. The molecule has 0 spiro atoms. The standard InChI is InChI=1S/2C8H10O.2C7H9.Zr/c2*1-2-7-5-3-4-6-8(7)9;2*1-6-4-3-5-7(6)2;/h2*3-6,9H,2H2,1H3;2*3-5H,1-2H3;/q;;2*-1;+2. The fraction of sp³-hybridized carbons (Fsp3) is 0.267. The van der Waals surface area contributed by atoms with Crippen molar-refractivity contribution in [1.29, 1.82) is 0 Å². The van der Waals surface area contributed by atoms with Crippen molar-refractivity contribution in [2.45, 2.75) is 54.4 Å². The van der Waals surface area contributed by atoms with Crippen LogP contribution in [0.25, 0.3) is 0 Å². The molecule has 3 heteroatoms. The van der Waals surface area contributed by atoms with Crippen molar-refractivity contribution in [3.8, 4) is 11.5 Å². The van der Waals surface area contributed by atoms with Gasteiger partial charge >= 0.3 is 26.2 Å². The smallest absolute Gasteiger partial charge is 0.508 e. The largest absolute Gasteiger partial charge is 2.00 e. The number of aromatic hydroxyl groups is 2. The first-order chi connectivity index (χ1) is 15.3. The van der Waals surface area contributed by atoms with Crippen LogP contribution in [-0.2, 0) is 39.0 Å². The van der Waals surface area contributed by atoms with Crippen molar-refractivity contribution in [3.63, 3.8) is 0 Å². The van der Waals surface area contributed by atoms with E-state index in [0.717, 1.165) is 24.0 Å². The predicted molar refractivity (Wildman–Crippen MR) is 138 cm³/mol. The molecule has 0 radical (unpaired) electrons. The van der Waals surface area contributed by atoms with Crippen molar-refractivity contribution in [2.75, 3.05) is 0 Å². The summed E-state index contributed by atoms with van der Waals surface area (Å²) in [5.74, 6) is 0.806. The quantitative estimate of drug-likeness (QED) is 0.263. The van der Waals surface area contributed by atoms with Gasteiger partial charge in [0.1, 0.15) is 11.5 Å². The van der Waals surface area contributed by atoms with Gasteiger partial charge in [0.15, 0.2) is 0 Å². The number of phenols is 2. The second-order valence-electron chi connectivity index (χ2n) is 7.75. The zero-order valence-corrected chi connectivity index (χ0v) is 23.3. The van der Waals surface area contributed by atoms with Gasteiger partial charge in [-0.05, 0) is 36.1 Å². The van der Waals surface area contributed by atoms with E-state index in [2.05, 4.69) is 64.1 Å². The second-order valence-corrected chi connectivity index (χ2v) is 7.75.